The van der Waals surface area contributed by atoms with Crippen molar-refractivity contribution in [3.63, 3.8) is 0 Å². The van der Waals surface area contributed by atoms with Gasteiger partial charge in [0, 0.05) is 4.88 Å². The zero-order valence-electron chi connectivity index (χ0n) is 15.6. The summed E-state index contributed by atoms with van der Waals surface area (Å²) in [6.07, 6.45) is 0. The fourth-order valence-electron chi connectivity index (χ4n) is 2.31. The predicted octanol–water partition coefficient (Wildman–Crippen LogP) is 3.23. The molecule has 28 heavy (non-hydrogen) atoms. The van der Waals surface area contributed by atoms with Crippen LogP contribution < -0.4 is 10.6 Å². The van der Waals surface area contributed by atoms with Gasteiger partial charge in [-0.15, -0.1) is 11.3 Å². The number of rotatable bonds is 5. The number of carbonyl (C=O) groups is 3. The number of aryl methyl sites for hydroxylation is 1. The monoisotopic (exact) mass is 422 g/mol. The first-order valence-electron chi connectivity index (χ1n) is 7.88. The smallest absolute Gasteiger partial charge is 0.340 e. The molecule has 0 unspecified atom stereocenters. The van der Waals surface area contributed by atoms with E-state index in [1.165, 1.54) is 50.9 Å². The Morgan fingerprint density at radius 3 is 2.11 bits per heavy atom. The first kappa shape index (κ1) is 21.3. The lowest BCUT2D eigenvalue weighted by atomic mass is 10.1. The molecule has 0 spiro atoms. The number of hydrogen-bond acceptors (Lipinski definition) is 8. The van der Waals surface area contributed by atoms with Crippen molar-refractivity contribution in [3.8, 4) is 0 Å². The van der Waals surface area contributed by atoms with Crippen LogP contribution in [0.1, 0.15) is 36.0 Å². The van der Waals surface area contributed by atoms with Crippen LogP contribution >= 0.6 is 23.6 Å². The largest absolute Gasteiger partial charge is 0.465 e. The topological polar surface area (TPSA) is 103 Å². The molecule has 0 atom stereocenters. The van der Waals surface area contributed by atoms with E-state index in [0.29, 0.717) is 10.6 Å². The number of nitrogens with one attached hydrogen (secondary N) is 2. The van der Waals surface area contributed by atoms with Gasteiger partial charge in [0.05, 0.1) is 43.7 Å². The highest BCUT2D eigenvalue weighted by atomic mass is 32.1. The average molecular weight is 422 g/mol. The molecule has 0 saturated carbocycles. The summed E-state index contributed by atoms with van der Waals surface area (Å²) in [5.41, 5.74) is 0.989. The molecule has 0 fully saturated rings. The van der Waals surface area contributed by atoms with Crippen molar-refractivity contribution in [1.29, 1.82) is 0 Å². The molecule has 2 aromatic rings. The quantitative estimate of drug-likeness (QED) is 0.427. The number of benzene rings is 1. The molecule has 10 heteroatoms. The predicted molar refractivity (Wildman–Crippen MR) is 109 cm³/mol. The Morgan fingerprint density at radius 1 is 0.893 bits per heavy atom. The Hall–Kier alpha value is -2.98. The molecule has 148 valence electrons. The summed E-state index contributed by atoms with van der Waals surface area (Å²) in [6, 6.07) is 5.97. The number of hydrogen-bond donors (Lipinski definition) is 2. The van der Waals surface area contributed by atoms with Crippen molar-refractivity contribution in [1.82, 2.24) is 0 Å². The van der Waals surface area contributed by atoms with Crippen LogP contribution in [0.5, 0.6) is 0 Å². The number of thiophene rings is 1. The van der Waals surface area contributed by atoms with Gasteiger partial charge in [0.15, 0.2) is 5.11 Å². The zero-order valence-corrected chi connectivity index (χ0v) is 17.2. The van der Waals surface area contributed by atoms with Gasteiger partial charge in [0.2, 0.25) is 0 Å². The number of esters is 3. The third kappa shape index (κ3) is 4.84. The minimum atomic E-state index is -0.607. The third-order valence-corrected chi connectivity index (χ3v) is 4.75. The van der Waals surface area contributed by atoms with Gasteiger partial charge in [-0.1, -0.05) is 0 Å². The maximum atomic E-state index is 12.0. The molecule has 0 saturated heterocycles. The lowest BCUT2D eigenvalue weighted by Crippen LogP contribution is -2.22. The van der Waals surface area contributed by atoms with Gasteiger partial charge in [0.1, 0.15) is 5.00 Å². The molecule has 0 amide bonds. The van der Waals surface area contributed by atoms with E-state index in [1.54, 1.807) is 6.07 Å². The van der Waals surface area contributed by atoms with E-state index in [0.717, 1.165) is 4.88 Å². The number of thiocarbonyl (C=S) groups is 1. The lowest BCUT2D eigenvalue weighted by molar-refractivity contribution is 0.0587. The van der Waals surface area contributed by atoms with Crippen LogP contribution in [-0.2, 0) is 14.2 Å². The van der Waals surface area contributed by atoms with Crippen LogP contribution in [0.15, 0.2) is 24.3 Å². The van der Waals surface area contributed by atoms with E-state index in [-0.39, 0.29) is 21.9 Å². The molecule has 1 heterocycles. The molecule has 0 aliphatic rings. The van der Waals surface area contributed by atoms with Crippen molar-refractivity contribution >= 4 is 57.3 Å². The lowest BCUT2D eigenvalue weighted by Gasteiger charge is -2.14. The third-order valence-electron chi connectivity index (χ3n) is 3.58. The molecule has 1 aromatic carbocycles. The van der Waals surface area contributed by atoms with Crippen LogP contribution in [0, 0.1) is 6.92 Å². The first-order chi connectivity index (χ1) is 13.3. The van der Waals surface area contributed by atoms with Gasteiger partial charge >= 0.3 is 17.9 Å². The fraction of sp³-hybridized carbons (Fsp3) is 0.222. The van der Waals surface area contributed by atoms with Crippen LogP contribution in [0.4, 0.5) is 10.7 Å². The van der Waals surface area contributed by atoms with Gasteiger partial charge in [-0.2, -0.15) is 0 Å². The zero-order chi connectivity index (χ0) is 20.8. The highest BCUT2D eigenvalue weighted by Crippen LogP contribution is 2.29. The fourth-order valence-corrected chi connectivity index (χ4v) is 3.49. The summed E-state index contributed by atoms with van der Waals surface area (Å²) in [7, 11) is 3.79. The van der Waals surface area contributed by atoms with E-state index < -0.39 is 17.9 Å². The molecular formula is C18H18N2O6S2. The summed E-state index contributed by atoms with van der Waals surface area (Å²) < 4.78 is 14.2. The van der Waals surface area contributed by atoms with E-state index in [4.69, 9.17) is 26.4 Å². The molecule has 0 aliphatic carbocycles. The molecule has 0 bridgehead atoms. The number of carbonyl (C=O) groups excluding carboxylic acids is 3. The van der Waals surface area contributed by atoms with Crippen LogP contribution in [0.25, 0.3) is 0 Å². The maximum Gasteiger partial charge on any atom is 0.340 e. The van der Waals surface area contributed by atoms with Crippen molar-refractivity contribution in [2.45, 2.75) is 6.92 Å². The molecule has 0 radical (unpaired) electrons. The Morgan fingerprint density at radius 2 is 1.50 bits per heavy atom. The Labute approximate surface area is 170 Å². The summed E-state index contributed by atoms with van der Waals surface area (Å²) >= 11 is 6.61. The summed E-state index contributed by atoms with van der Waals surface area (Å²) in [4.78, 5) is 36.6. The summed E-state index contributed by atoms with van der Waals surface area (Å²) in [5.74, 6) is -1.68. The Balaban J connectivity index is 2.31. The molecule has 0 aliphatic heterocycles. The molecule has 8 nitrogen and oxygen atoms in total. The van der Waals surface area contributed by atoms with Crippen LogP contribution in [0.3, 0.4) is 0 Å². The SMILES string of the molecule is COC(=O)c1ccc(C(=O)OC)c(NC(=S)Nc2sc(C)cc2C(=O)OC)c1. The standard InChI is InChI=1S/C18H18N2O6S2/c1-9-7-12(17(23)26-4)14(28-9)20-18(27)19-13-8-10(15(21)24-2)5-6-11(13)16(22)25-3/h5-8H,1-4H3,(H2,19,20,27). The maximum absolute atomic E-state index is 12.0. The molecular weight excluding hydrogens is 404 g/mol. The first-order valence-corrected chi connectivity index (χ1v) is 9.10. The second-order valence-electron chi connectivity index (χ2n) is 5.41. The van der Waals surface area contributed by atoms with E-state index in [9.17, 15) is 14.4 Å². The van der Waals surface area contributed by atoms with E-state index >= 15 is 0 Å². The molecule has 2 rings (SSSR count). The number of methoxy groups -OCH3 is 3. The minimum absolute atomic E-state index is 0.110. The second kappa shape index (κ2) is 9.29. The van der Waals surface area contributed by atoms with E-state index in [1.807, 2.05) is 6.92 Å². The highest BCUT2D eigenvalue weighted by Gasteiger charge is 2.19. The van der Waals surface area contributed by atoms with Gasteiger partial charge in [-0.25, -0.2) is 14.4 Å². The second-order valence-corrected chi connectivity index (χ2v) is 7.08. The van der Waals surface area contributed by atoms with Gasteiger partial charge in [-0.05, 0) is 43.4 Å². The molecule has 1 aromatic heterocycles. The van der Waals surface area contributed by atoms with Gasteiger partial charge in [0.25, 0.3) is 0 Å². The Bertz CT molecular complexity index is 938. The number of ether oxygens (including phenoxy) is 3. The van der Waals surface area contributed by atoms with Crippen LogP contribution in [-0.4, -0.2) is 44.3 Å². The minimum Gasteiger partial charge on any atom is -0.465 e. The average Bonchev–Trinajstić information content (AvgIpc) is 3.05. The van der Waals surface area contributed by atoms with Crippen molar-refractivity contribution in [2.75, 3.05) is 32.0 Å². The van der Waals surface area contributed by atoms with Crippen LogP contribution in [0.2, 0.25) is 0 Å². The van der Waals surface area contributed by atoms with Gasteiger partial charge in [-0.3, -0.25) is 0 Å². The van der Waals surface area contributed by atoms with Crippen molar-refractivity contribution < 1.29 is 28.6 Å². The van der Waals surface area contributed by atoms with Crippen molar-refractivity contribution in [2.24, 2.45) is 0 Å². The highest BCUT2D eigenvalue weighted by molar-refractivity contribution is 7.80. The summed E-state index contributed by atoms with van der Waals surface area (Å²) in [6.45, 7) is 1.84. The normalized spacial score (nSPS) is 10.0. The number of anilines is 2. The van der Waals surface area contributed by atoms with Gasteiger partial charge < -0.3 is 24.8 Å². The molecule has 2 N–H and O–H groups in total. The summed E-state index contributed by atoms with van der Waals surface area (Å²) in [5, 5.41) is 6.37. The van der Waals surface area contributed by atoms with E-state index in [2.05, 4.69) is 10.6 Å². The Kier molecular flexibility index (Phi) is 7.07. The van der Waals surface area contributed by atoms with Crippen molar-refractivity contribution in [3.05, 3.63) is 45.8 Å².